The minimum atomic E-state index is -0.460. The van der Waals surface area contributed by atoms with Crippen molar-refractivity contribution in [3.63, 3.8) is 0 Å². The van der Waals surface area contributed by atoms with Gasteiger partial charge in [0.05, 0.1) is 5.92 Å². The Morgan fingerprint density at radius 3 is 2.79 bits per heavy atom. The Hall–Kier alpha value is -1.06. The second kappa shape index (κ2) is 4.98. The van der Waals surface area contributed by atoms with Crippen molar-refractivity contribution in [2.75, 3.05) is 6.61 Å². The number of hydrogen-bond acceptors (Lipinski definition) is 2. The molecule has 76 valence electrons. The summed E-state index contributed by atoms with van der Waals surface area (Å²) in [6.07, 6.45) is 0.329. The van der Waals surface area contributed by atoms with Crippen molar-refractivity contribution in [2.45, 2.75) is 12.3 Å². The number of aliphatic hydroxyl groups excluding tert-OH is 1. The number of halogens is 1. The van der Waals surface area contributed by atoms with Gasteiger partial charge in [-0.3, -0.25) is 4.79 Å². The van der Waals surface area contributed by atoms with Gasteiger partial charge in [-0.25, -0.2) is 0 Å². The van der Waals surface area contributed by atoms with Gasteiger partial charge in [0.15, 0.2) is 0 Å². The lowest BCUT2D eigenvalue weighted by Crippen LogP contribution is -2.22. The molecule has 1 unspecified atom stereocenters. The van der Waals surface area contributed by atoms with Gasteiger partial charge in [-0.15, -0.1) is 0 Å². The Bertz CT molecular complexity index is 328. The number of carbonyl (C=O) groups excluding carboxylic acids is 1. The smallest absolute Gasteiger partial charge is 0.225 e. The van der Waals surface area contributed by atoms with Crippen LogP contribution in [0.2, 0.25) is 5.02 Å². The lowest BCUT2D eigenvalue weighted by Gasteiger charge is -2.12. The Kier molecular flexibility index (Phi) is 3.92. The van der Waals surface area contributed by atoms with E-state index in [-0.39, 0.29) is 6.61 Å². The summed E-state index contributed by atoms with van der Waals surface area (Å²) in [6.45, 7) is -0.0693. The van der Waals surface area contributed by atoms with E-state index in [1.165, 1.54) is 0 Å². The molecular formula is C10H12ClNO2. The Morgan fingerprint density at radius 2 is 2.29 bits per heavy atom. The second-order valence-electron chi connectivity index (χ2n) is 3.02. The molecule has 1 aromatic carbocycles. The van der Waals surface area contributed by atoms with Crippen LogP contribution in [0, 0.1) is 0 Å². The molecule has 0 aliphatic carbocycles. The summed E-state index contributed by atoms with van der Waals surface area (Å²) >= 11 is 5.78. The predicted octanol–water partition coefficient (Wildman–Crippen LogP) is 1.29. The molecule has 1 amide bonds. The number of nitrogens with two attached hydrogens (primary N) is 1. The monoisotopic (exact) mass is 213 g/mol. The van der Waals surface area contributed by atoms with Crippen LogP contribution in [0.15, 0.2) is 24.3 Å². The number of carbonyl (C=O) groups is 1. The summed E-state index contributed by atoms with van der Waals surface area (Å²) in [5.74, 6) is -0.903. The highest BCUT2D eigenvalue weighted by molar-refractivity contribution is 6.30. The quantitative estimate of drug-likeness (QED) is 0.792. The summed E-state index contributed by atoms with van der Waals surface area (Å²) in [5, 5.41) is 9.34. The van der Waals surface area contributed by atoms with Gasteiger partial charge >= 0.3 is 0 Å². The van der Waals surface area contributed by atoms with Gasteiger partial charge in [-0.1, -0.05) is 23.7 Å². The standard InChI is InChI=1S/C10H12ClNO2/c11-8-3-1-2-7(6-8)9(4-5-13)10(12)14/h1-3,6,9,13H,4-5H2,(H2,12,14). The van der Waals surface area contributed by atoms with Crippen LogP contribution in [0.1, 0.15) is 17.9 Å². The number of amides is 1. The molecule has 0 heterocycles. The summed E-state index contributed by atoms with van der Waals surface area (Å²) in [6, 6.07) is 6.94. The van der Waals surface area contributed by atoms with Crippen LogP contribution in [0.25, 0.3) is 0 Å². The largest absolute Gasteiger partial charge is 0.396 e. The Balaban J connectivity index is 2.93. The molecule has 0 aliphatic rings. The maximum atomic E-state index is 11.1. The molecule has 3 nitrogen and oxygen atoms in total. The first-order valence-corrected chi connectivity index (χ1v) is 4.68. The van der Waals surface area contributed by atoms with E-state index in [2.05, 4.69) is 0 Å². The van der Waals surface area contributed by atoms with E-state index < -0.39 is 11.8 Å². The topological polar surface area (TPSA) is 63.3 Å². The maximum Gasteiger partial charge on any atom is 0.225 e. The fourth-order valence-corrected chi connectivity index (χ4v) is 1.52. The van der Waals surface area contributed by atoms with Crippen LogP contribution in [0.5, 0.6) is 0 Å². The van der Waals surface area contributed by atoms with Gasteiger partial charge < -0.3 is 10.8 Å². The molecule has 0 saturated heterocycles. The van der Waals surface area contributed by atoms with Gasteiger partial charge in [0.1, 0.15) is 0 Å². The molecule has 1 rings (SSSR count). The minimum Gasteiger partial charge on any atom is -0.396 e. The van der Waals surface area contributed by atoms with Crippen molar-refractivity contribution >= 4 is 17.5 Å². The molecule has 0 aliphatic heterocycles. The van der Waals surface area contributed by atoms with E-state index >= 15 is 0 Å². The predicted molar refractivity (Wildman–Crippen MR) is 55.1 cm³/mol. The SMILES string of the molecule is NC(=O)C(CCO)c1cccc(Cl)c1. The van der Waals surface area contributed by atoms with Gasteiger partial charge in [-0.05, 0) is 24.1 Å². The second-order valence-corrected chi connectivity index (χ2v) is 3.46. The molecule has 0 spiro atoms. The van der Waals surface area contributed by atoms with E-state index in [1.807, 2.05) is 0 Å². The third-order valence-electron chi connectivity index (χ3n) is 2.01. The van der Waals surface area contributed by atoms with Crippen molar-refractivity contribution in [3.05, 3.63) is 34.9 Å². The zero-order valence-electron chi connectivity index (χ0n) is 7.61. The van der Waals surface area contributed by atoms with Crippen molar-refractivity contribution in [2.24, 2.45) is 5.73 Å². The summed E-state index contributed by atoms with van der Waals surface area (Å²) in [4.78, 5) is 11.1. The maximum absolute atomic E-state index is 11.1. The number of primary amides is 1. The Morgan fingerprint density at radius 1 is 1.57 bits per heavy atom. The van der Waals surface area contributed by atoms with Gasteiger partial charge in [0.25, 0.3) is 0 Å². The normalized spacial score (nSPS) is 12.4. The van der Waals surface area contributed by atoms with Crippen molar-refractivity contribution in [1.82, 2.24) is 0 Å². The molecule has 0 aromatic heterocycles. The third-order valence-corrected chi connectivity index (χ3v) is 2.25. The zero-order valence-corrected chi connectivity index (χ0v) is 8.37. The molecule has 4 heteroatoms. The number of rotatable bonds is 4. The molecule has 0 bridgehead atoms. The highest BCUT2D eigenvalue weighted by atomic mass is 35.5. The molecule has 1 atom stereocenters. The fraction of sp³-hybridized carbons (Fsp3) is 0.300. The molecule has 3 N–H and O–H groups in total. The summed E-state index contributed by atoms with van der Waals surface area (Å²) < 4.78 is 0. The van der Waals surface area contributed by atoms with Gasteiger partial charge in [0, 0.05) is 11.6 Å². The highest BCUT2D eigenvalue weighted by Gasteiger charge is 2.16. The first-order chi connectivity index (χ1) is 6.65. The van der Waals surface area contributed by atoms with Crippen LogP contribution in [-0.4, -0.2) is 17.6 Å². The number of benzene rings is 1. The molecular weight excluding hydrogens is 202 g/mol. The van der Waals surface area contributed by atoms with E-state index in [0.29, 0.717) is 11.4 Å². The van der Waals surface area contributed by atoms with Crippen LogP contribution in [0.3, 0.4) is 0 Å². The third kappa shape index (κ3) is 2.72. The van der Waals surface area contributed by atoms with Gasteiger partial charge in [0.2, 0.25) is 5.91 Å². The molecule has 0 saturated carbocycles. The number of hydrogen-bond donors (Lipinski definition) is 2. The zero-order chi connectivity index (χ0) is 10.6. The lowest BCUT2D eigenvalue weighted by atomic mass is 9.95. The van der Waals surface area contributed by atoms with Crippen molar-refractivity contribution in [1.29, 1.82) is 0 Å². The lowest BCUT2D eigenvalue weighted by molar-refractivity contribution is -0.119. The highest BCUT2D eigenvalue weighted by Crippen LogP contribution is 2.21. The van der Waals surface area contributed by atoms with E-state index in [0.717, 1.165) is 5.56 Å². The van der Waals surface area contributed by atoms with Crippen LogP contribution >= 0.6 is 11.6 Å². The average Bonchev–Trinajstić information content (AvgIpc) is 2.13. The van der Waals surface area contributed by atoms with E-state index in [1.54, 1.807) is 24.3 Å². The summed E-state index contributed by atoms with van der Waals surface area (Å²) in [5.41, 5.74) is 5.96. The minimum absolute atomic E-state index is 0.0693. The van der Waals surface area contributed by atoms with Crippen molar-refractivity contribution in [3.8, 4) is 0 Å². The molecule has 0 fully saturated rings. The molecule has 1 aromatic rings. The first-order valence-electron chi connectivity index (χ1n) is 4.30. The first kappa shape index (κ1) is 11.0. The molecule has 14 heavy (non-hydrogen) atoms. The average molecular weight is 214 g/mol. The van der Waals surface area contributed by atoms with E-state index in [4.69, 9.17) is 22.4 Å². The van der Waals surface area contributed by atoms with Crippen LogP contribution in [0.4, 0.5) is 0 Å². The molecule has 0 radical (unpaired) electrons. The van der Waals surface area contributed by atoms with Crippen LogP contribution in [-0.2, 0) is 4.79 Å². The Labute approximate surface area is 87.5 Å². The fourth-order valence-electron chi connectivity index (χ4n) is 1.33. The number of aliphatic hydroxyl groups is 1. The van der Waals surface area contributed by atoms with Gasteiger partial charge in [-0.2, -0.15) is 0 Å². The van der Waals surface area contributed by atoms with Crippen molar-refractivity contribution < 1.29 is 9.90 Å². The van der Waals surface area contributed by atoms with Crippen LogP contribution < -0.4 is 5.73 Å². The summed E-state index contributed by atoms with van der Waals surface area (Å²) in [7, 11) is 0. The van der Waals surface area contributed by atoms with E-state index in [9.17, 15) is 4.79 Å².